The fraction of sp³-hybridized carbons (Fsp3) is 0.438. The molecule has 2 aliphatic heterocycles. The molecule has 2 heterocycles. The Morgan fingerprint density at radius 3 is 2.58 bits per heavy atom. The molecule has 7 nitrogen and oxygen atoms in total. The zero-order valence-corrected chi connectivity index (χ0v) is 14.3. The van der Waals surface area contributed by atoms with Crippen LogP contribution >= 0.6 is 15.9 Å². The van der Waals surface area contributed by atoms with E-state index in [1.165, 1.54) is 0 Å². The van der Waals surface area contributed by atoms with E-state index in [0.717, 1.165) is 10.0 Å². The van der Waals surface area contributed by atoms with Gasteiger partial charge in [0.05, 0.1) is 36.9 Å². The minimum Gasteiger partial charge on any atom is -0.496 e. The van der Waals surface area contributed by atoms with Crippen LogP contribution in [0, 0.1) is 33.5 Å². The predicted molar refractivity (Wildman–Crippen MR) is 85.8 cm³/mol. The lowest BCUT2D eigenvalue weighted by atomic mass is 9.94. The van der Waals surface area contributed by atoms with Crippen LogP contribution in [0.25, 0.3) is 0 Å². The summed E-state index contributed by atoms with van der Waals surface area (Å²) in [6.07, 6.45) is 0. The van der Waals surface area contributed by atoms with Crippen LogP contribution in [0.1, 0.15) is 11.5 Å². The minimum absolute atomic E-state index is 0.0883. The molecule has 4 rings (SSSR count). The molecule has 122 valence electrons. The minimum atomic E-state index is -1.50. The van der Waals surface area contributed by atoms with E-state index in [2.05, 4.69) is 33.1 Å². The van der Waals surface area contributed by atoms with Crippen molar-refractivity contribution in [1.82, 2.24) is 0 Å². The molecule has 3 aliphatic rings. The van der Waals surface area contributed by atoms with Gasteiger partial charge in [0.25, 0.3) is 5.91 Å². The molecule has 0 bridgehead atoms. The molecular formula is C16H13BrN4O3. The summed E-state index contributed by atoms with van der Waals surface area (Å²) < 4.78 is 17.3. The predicted octanol–water partition coefficient (Wildman–Crippen LogP) is 1.65. The highest BCUT2D eigenvalue weighted by atomic mass is 79.9. The number of methoxy groups -OCH3 is 1. The second kappa shape index (κ2) is 4.70. The van der Waals surface area contributed by atoms with Gasteiger partial charge in [-0.2, -0.15) is 10.5 Å². The van der Waals surface area contributed by atoms with Gasteiger partial charge < -0.3 is 19.9 Å². The topological polar surface area (TPSA) is 114 Å². The third-order valence-electron chi connectivity index (χ3n) is 5.12. The molecule has 2 fully saturated rings. The quantitative estimate of drug-likeness (QED) is 0.823. The van der Waals surface area contributed by atoms with Crippen molar-refractivity contribution < 1.29 is 14.2 Å². The Morgan fingerprint density at radius 2 is 2.04 bits per heavy atom. The molecule has 0 amide bonds. The maximum absolute atomic E-state index is 9.98. The number of nitriles is 2. The van der Waals surface area contributed by atoms with E-state index < -0.39 is 22.7 Å². The number of hydrogen-bond donors (Lipinski definition) is 1. The first-order chi connectivity index (χ1) is 11.5. The summed E-state index contributed by atoms with van der Waals surface area (Å²) in [6.45, 7) is 0.613. The molecule has 24 heavy (non-hydrogen) atoms. The number of halogens is 1. The van der Waals surface area contributed by atoms with Gasteiger partial charge in [0.2, 0.25) is 0 Å². The summed E-state index contributed by atoms with van der Waals surface area (Å²) in [6, 6.07) is 9.90. The molecule has 1 saturated carbocycles. The number of fused-ring (bicyclic) bond motifs is 2. The van der Waals surface area contributed by atoms with Crippen molar-refractivity contribution in [2.45, 2.75) is 11.8 Å². The van der Waals surface area contributed by atoms with Crippen LogP contribution in [-0.2, 0) is 9.47 Å². The largest absolute Gasteiger partial charge is 0.496 e. The lowest BCUT2D eigenvalue weighted by Gasteiger charge is -2.25. The highest BCUT2D eigenvalue weighted by molar-refractivity contribution is 9.10. The Morgan fingerprint density at radius 1 is 1.33 bits per heavy atom. The second-order valence-electron chi connectivity index (χ2n) is 5.94. The number of hydrogen-bond acceptors (Lipinski definition) is 7. The van der Waals surface area contributed by atoms with Gasteiger partial charge >= 0.3 is 0 Å². The number of benzene rings is 1. The highest BCUT2D eigenvalue weighted by Gasteiger charge is 2.94. The Kier molecular flexibility index (Phi) is 3.02. The van der Waals surface area contributed by atoms with Crippen molar-refractivity contribution in [3.05, 3.63) is 28.2 Å². The van der Waals surface area contributed by atoms with E-state index in [1.54, 1.807) is 13.2 Å². The first-order valence-electron chi connectivity index (χ1n) is 7.32. The molecule has 1 aromatic carbocycles. The summed E-state index contributed by atoms with van der Waals surface area (Å²) in [7, 11) is 1.57. The van der Waals surface area contributed by atoms with Crippen molar-refractivity contribution in [2.24, 2.45) is 21.6 Å². The fourth-order valence-electron chi connectivity index (χ4n) is 4.08. The van der Waals surface area contributed by atoms with Gasteiger partial charge in [0.15, 0.2) is 5.41 Å². The Hall–Kier alpha value is -2.13. The number of amidine groups is 1. The second-order valence-corrected chi connectivity index (χ2v) is 6.80. The number of ether oxygens (including phenoxy) is 3. The van der Waals surface area contributed by atoms with Crippen molar-refractivity contribution in [2.75, 3.05) is 20.3 Å². The van der Waals surface area contributed by atoms with E-state index in [4.69, 9.17) is 19.9 Å². The van der Waals surface area contributed by atoms with Gasteiger partial charge in [-0.15, -0.1) is 0 Å². The molecule has 2 N–H and O–H groups in total. The molecule has 1 spiro atoms. The van der Waals surface area contributed by atoms with Crippen LogP contribution in [0.2, 0.25) is 0 Å². The Labute approximate surface area is 146 Å². The van der Waals surface area contributed by atoms with Gasteiger partial charge in [0, 0.05) is 5.92 Å². The van der Waals surface area contributed by atoms with Gasteiger partial charge in [-0.25, -0.2) is 4.99 Å². The van der Waals surface area contributed by atoms with E-state index in [1.807, 2.05) is 12.1 Å². The van der Waals surface area contributed by atoms with Gasteiger partial charge in [-0.3, -0.25) is 0 Å². The smallest absolute Gasteiger partial charge is 0.293 e. The standard InChI is InChI=1S/C16H13BrN4O3/c1-22-11-3-2-9(6-10(11)17)12-14(7-18)13(20)21-16(15(12,14)8-19)23-4-5-24-16/h2-3,6,12H,4-5H2,1H3,(H2,20,21). The maximum Gasteiger partial charge on any atom is 0.293 e. The summed E-state index contributed by atoms with van der Waals surface area (Å²) in [4.78, 5) is 4.24. The maximum atomic E-state index is 9.98. The van der Waals surface area contributed by atoms with Crippen LogP contribution < -0.4 is 10.5 Å². The number of aliphatic imine (C=N–C) groups is 1. The molecular weight excluding hydrogens is 376 g/mol. The monoisotopic (exact) mass is 388 g/mol. The Balaban J connectivity index is 1.89. The first-order valence-corrected chi connectivity index (χ1v) is 8.12. The number of nitrogens with two attached hydrogens (primary N) is 1. The van der Waals surface area contributed by atoms with Gasteiger partial charge in [0.1, 0.15) is 17.0 Å². The van der Waals surface area contributed by atoms with Gasteiger partial charge in [-0.05, 0) is 33.6 Å². The Bertz CT molecular complexity index is 852. The molecule has 0 aromatic heterocycles. The van der Waals surface area contributed by atoms with Crippen molar-refractivity contribution >= 4 is 21.8 Å². The third-order valence-corrected chi connectivity index (χ3v) is 5.74. The summed E-state index contributed by atoms with van der Waals surface area (Å²) in [5.41, 5.74) is 4.32. The summed E-state index contributed by atoms with van der Waals surface area (Å²) in [5, 5.41) is 19.9. The average molecular weight is 389 g/mol. The highest BCUT2D eigenvalue weighted by Crippen LogP contribution is 2.82. The lowest BCUT2D eigenvalue weighted by Crippen LogP contribution is -2.38. The van der Waals surface area contributed by atoms with E-state index in [0.29, 0.717) is 19.0 Å². The van der Waals surface area contributed by atoms with Crippen molar-refractivity contribution in [1.29, 1.82) is 10.5 Å². The zero-order valence-electron chi connectivity index (χ0n) is 12.7. The molecule has 1 aromatic rings. The normalized spacial score (nSPS) is 35.0. The SMILES string of the molecule is COc1ccc(C2C3(C#N)C(N)=NC4(OCCO4)C23C#N)cc1Br. The molecule has 8 heteroatoms. The van der Waals surface area contributed by atoms with E-state index in [9.17, 15) is 10.5 Å². The van der Waals surface area contributed by atoms with E-state index >= 15 is 0 Å². The van der Waals surface area contributed by atoms with Crippen LogP contribution in [0.3, 0.4) is 0 Å². The fourth-order valence-corrected chi connectivity index (χ4v) is 4.64. The lowest BCUT2D eigenvalue weighted by molar-refractivity contribution is -0.184. The molecule has 3 atom stereocenters. The summed E-state index contributed by atoms with van der Waals surface area (Å²) >= 11 is 3.44. The number of nitrogens with zero attached hydrogens (tertiary/aromatic N) is 3. The first kappa shape index (κ1) is 15.4. The molecule has 3 unspecified atom stereocenters. The van der Waals surface area contributed by atoms with Crippen molar-refractivity contribution in [3.8, 4) is 17.9 Å². The molecule has 1 saturated heterocycles. The van der Waals surface area contributed by atoms with E-state index in [-0.39, 0.29) is 5.84 Å². The van der Waals surface area contributed by atoms with Crippen LogP contribution in [0.4, 0.5) is 0 Å². The van der Waals surface area contributed by atoms with Crippen LogP contribution in [-0.4, -0.2) is 32.1 Å². The van der Waals surface area contributed by atoms with Crippen LogP contribution in [0.5, 0.6) is 5.75 Å². The zero-order chi connectivity index (χ0) is 17.2. The average Bonchev–Trinajstić information content (AvgIpc) is 2.84. The molecule has 0 radical (unpaired) electrons. The molecule has 1 aliphatic carbocycles. The third kappa shape index (κ3) is 1.41. The van der Waals surface area contributed by atoms with Crippen LogP contribution in [0.15, 0.2) is 27.7 Å². The summed E-state index contributed by atoms with van der Waals surface area (Å²) in [5.74, 6) is -1.24. The van der Waals surface area contributed by atoms with Gasteiger partial charge in [-0.1, -0.05) is 6.07 Å². The number of rotatable bonds is 2. The van der Waals surface area contributed by atoms with Crippen molar-refractivity contribution in [3.63, 3.8) is 0 Å².